The lowest BCUT2D eigenvalue weighted by Gasteiger charge is -2.04. The molecule has 1 aromatic heterocycles. The first-order chi connectivity index (χ1) is 12.3. The quantitative estimate of drug-likeness (QED) is 0.399. The predicted molar refractivity (Wildman–Crippen MR) is 104 cm³/mol. The van der Waals surface area contributed by atoms with E-state index in [9.17, 15) is 5.11 Å². The van der Waals surface area contributed by atoms with Gasteiger partial charge in [-0.25, -0.2) is 4.98 Å². The zero-order valence-electron chi connectivity index (χ0n) is 13.3. The highest BCUT2D eigenvalue weighted by atomic mass is 32.1. The van der Waals surface area contributed by atoms with Crippen LogP contribution in [0.1, 0.15) is 5.56 Å². The Kier molecular flexibility index (Phi) is 4.14. The van der Waals surface area contributed by atoms with Crippen LogP contribution in [0.25, 0.3) is 22.0 Å². The lowest BCUT2D eigenvalue weighted by molar-refractivity contribution is 0.475. The van der Waals surface area contributed by atoms with Crippen molar-refractivity contribution in [3.8, 4) is 17.0 Å². The maximum atomic E-state index is 10.1. The normalized spacial score (nSPS) is 11.2. The lowest BCUT2D eigenvalue weighted by Crippen LogP contribution is -1.92. The van der Waals surface area contributed by atoms with Crippen LogP contribution in [0, 0.1) is 0 Å². The third-order valence-corrected chi connectivity index (χ3v) is 4.62. The topological polar surface area (TPSA) is 57.5 Å². The number of aromatic nitrogens is 1. The van der Waals surface area contributed by atoms with E-state index < -0.39 is 0 Å². The molecule has 0 saturated carbocycles. The Morgan fingerprint density at radius 1 is 0.960 bits per heavy atom. The first kappa shape index (κ1) is 15.4. The van der Waals surface area contributed by atoms with Gasteiger partial charge in [-0.2, -0.15) is 5.10 Å². The van der Waals surface area contributed by atoms with Crippen molar-refractivity contribution in [2.24, 2.45) is 5.10 Å². The van der Waals surface area contributed by atoms with Crippen LogP contribution < -0.4 is 5.43 Å². The molecule has 1 heterocycles. The Labute approximate surface area is 149 Å². The zero-order chi connectivity index (χ0) is 17.1. The zero-order valence-corrected chi connectivity index (χ0v) is 14.1. The Bertz CT molecular complexity index is 1040. The molecule has 0 saturated heterocycles. The molecule has 0 amide bonds. The number of aromatic hydroxyl groups is 1. The molecule has 4 aromatic rings. The first-order valence-corrected chi connectivity index (χ1v) is 8.70. The minimum Gasteiger partial charge on any atom is -0.507 e. The second-order valence-electron chi connectivity index (χ2n) is 5.49. The molecule has 0 aliphatic carbocycles. The number of hydrazone groups is 1. The van der Waals surface area contributed by atoms with Crippen molar-refractivity contribution in [1.82, 2.24) is 4.98 Å². The van der Waals surface area contributed by atoms with E-state index in [-0.39, 0.29) is 5.75 Å². The van der Waals surface area contributed by atoms with Gasteiger partial charge < -0.3 is 5.11 Å². The number of nitrogens with zero attached hydrogens (tertiary/aromatic N) is 2. The van der Waals surface area contributed by atoms with Gasteiger partial charge in [0.1, 0.15) is 5.75 Å². The van der Waals surface area contributed by atoms with Crippen LogP contribution in [0.3, 0.4) is 0 Å². The molecule has 0 spiro atoms. The molecular weight excluding hydrogens is 330 g/mol. The van der Waals surface area contributed by atoms with Crippen molar-refractivity contribution in [2.75, 3.05) is 5.43 Å². The van der Waals surface area contributed by atoms with E-state index >= 15 is 0 Å². The van der Waals surface area contributed by atoms with E-state index in [0.717, 1.165) is 22.0 Å². The summed E-state index contributed by atoms with van der Waals surface area (Å²) in [6.07, 6.45) is 1.63. The van der Waals surface area contributed by atoms with Crippen molar-refractivity contribution >= 4 is 33.5 Å². The fraction of sp³-hybridized carbons (Fsp3) is 0. The smallest absolute Gasteiger partial charge is 0.203 e. The number of hydrogen-bond donors (Lipinski definition) is 2. The lowest BCUT2D eigenvalue weighted by atomic mass is 10.0. The number of benzene rings is 3. The van der Waals surface area contributed by atoms with E-state index in [1.807, 2.05) is 66.0 Å². The van der Waals surface area contributed by atoms with Crippen molar-refractivity contribution < 1.29 is 5.11 Å². The van der Waals surface area contributed by atoms with Crippen molar-refractivity contribution in [3.05, 3.63) is 77.7 Å². The summed E-state index contributed by atoms with van der Waals surface area (Å²) in [6, 6.07) is 21.5. The van der Waals surface area contributed by atoms with Crippen molar-refractivity contribution in [1.29, 1.82) is 0 Å². The summed E-state index contributed by atoms with van der Waals surface area (Å²) in [6.45, 7) is 0. The maximum Gasteiger partial charge on any atom is 0.203 e. The molecular formula is C20H15N3OS. The van der Waals surface area contributed by atoms with Gasteiger partial charge in [-0.05, 0) is 16.8 Å². The van der Waals surface area contributed by atoms with Crippen molar-refractivity contribution in [2.45, 2.75) is 0 Å². The van der Waals surface area contributed by atoms with Crippen molar-refractivity contribution in [3.63, 3.8) is 0 Å². The largest absolute Gasteiger partial charge is 0.507 e. The van der Waals surface area contributed by atoms with E-state index in [1.54, 1.807) is 12.3 Å². The number of nitrogens with one attached hydrogen (secondary N) is 1. The Hall–Kier alpha value is -3.18. The maximum absolute atomic E-state index is 10.1. The summed E-state index contributed by atoms with van der Waals surface area (Å²) in [7, 11) is 0. The highest BCUT2D eigenvalue weighted by Crippen LogP contribution is 2.26. The molecule has 4 rings (SSSR count). The molecule has 0 atom stereocenters. The summed E-state index contributed by atoms with van der Waals surface area (Å²) in [4.78, 5) is 4.53. The number of phenolic OH excluding ortho intramolecular Hbond substituents is 1. The molecule has 122 valence electrons. The summed E-state index contributed by atoms with van der Waals surface area (Å²) < 4.78 is 0. The monoisotopic (exact) mass is 345 g/mol. The van der Waals surface area contributed by atoms with Crippen LogP contribution in [-0.2, 0) is 0 Å². The van der Waals surface area contributed by atoms with Gasteiger partial charge >= 0.3 is 0 Å². The summed E-state index contributed by atoms with van der Waals surface area (Å²) in [5.41, 5.74) is 5.61. The molecule has 0 aliphatic rings. The van der Waals surface area contributed by atoms with E-state index in [4.69, 9.17) is 0 Å². The third-order valence-electron chi connectivity index (χ3n) is 3.88. The molecule has 25 heavy (non-hydrogen) atoms. The number of phenols is 1. The number of rotatable bonds is 4. The number of anilines is 1. The van der Waals surface area contributed by atoms with Crippen LogP contribution >= 0.6 is 11.3 Å². The molecule has 0 radical (unpaired) electrons. The second kappa shape index (κ2) is 6.75. The molecule has 2 N–H and O–H groups in total. The minimum atomic E-state index is 0.202. The van der Waals surface area contributed by atoms with Gasteiger partial charge in [0.2, 0.25) is 5.13 Å². The van der Waals surface area contributed by atoms with E-state index in [2.05, 4.69) is 15.5 Å². The van der Waals surface area contributed by atoms with Crippen LogP contribution in [0.4, 0.5) is 5.13 Å². The average molecular weight is 345 g/mol. The van der Waals surface area contributed by atoms with E-state index in [1.165, 1.54) is 11.3 Å². The van der Waals surface area contributed by atoms with Gasteiger partial charge in [0.15, 0.2) is 0 Å². The minimum absolute atomic E-state index is 0.202. The van der Waals surface area contributed by atoms with Gasteiger partial charge in [-0.3, -0.25) is 5.43 Å². The highest BCUT2D eigenvalue weighted by molar-refractivity contribution is 7.14. The summed E-state index contributed by atoms with van der Waals surface area (Å²) in [5, 5.41) is 19.1. The standard InChI is InChI=1S/C20H15N3OS/c24-19-11-10-14-6-4-5-9-16(14)17(19)12-21-23-20-22-18(13-25-20)15-7-2-1-3-8-15/h1-13,24H,(H,22,23). The fourth-order valence-electron chi connectivity index (χ4n) is 2.64. The van der Waals surface area contributed by atoms with Gasteiger partial charge in [0.25, 0.3) is 0 Å². The Morgan fingerprint density at radius 3 is 2.64 bits per heavy atom. The van der Waals surface area contributed by atoms with Gasteiger partial charge in [-0.1, -0.05) is 60.7 Å². The molecule has 3 aromatic carbocycles. The number of hydrogen-bond acceptors (Lipinski definition) is 5. The van der Waals surface area contributed by atoms with Crippen LogP contribution in [-0.4, -0.2) is 16.3 Å². The number of fused-ring (bicyclic) bond motifs is 1. The number of thiazole rings is 1. The molecule has 0 aliphatic heterocycles. The second-order valence-corrected chi connectivity index (χ2v) is 6.35. The van der Waals surface area contributed by atoms with Gasteiger partial charge in [0, 0.05) is 16.5 Å². The molecule has 0 bridgehead atoms. The summed E-state index contributed by atoms with van der Waals surface area (Å²) in [5.74, 6) is 0.202. The average Bonchev–Trinajstić information content (AvgIpc) is 3.13. The first-order valence-electron chi connectivity index (χ1n) is 7.82. The molecule has 4 nitrogen and oxygen atoms in total. The molecule has 0 fully saturated rings. The predicted octanol–water partition coefficient (Wildman–Crippen LogP) is 5.11. The summed E-state index contributed by atoms with van der Waals surface area (Å²) >= 11 is 1.49. The fourth-order valence-corrected chi connectivity index (χ4v) is 3.31. The van der Waals surface area contributed by atoms with Crippen LogP contribution in [0.2, 0.25) is 0 Å². The van der Waals surface area contributed by atoms with E-state index in [0.29, 0.717) is 10.7 Å². The highest BCUT2D eigenvalue weighted by Gasteiger charge is 2.05. The van der Waals surface area contributed by atoms with Crippen LogP contribution in [0.5, 0.6) is 5.75 Å². The van der Waals surface area contributed by atoms with Gasteiger partial charge in [0.05, 0.1) is 11.9 Å². The molecule has 5 heteroatoms. The Morgan fingerprint density at radius 2 is 1.76 bits per heavy atom. The van der Waals surface area contributed by atoms with Gasteiger partial charge in [-0.15, -0.1) is 11.3 Å². The third kappa shape index (κ3) is 3.22. The SMILES string of the molecule is Oc1ccc2ccccc2c1C=NNc1nc(-c2ccccc2)cs1. The molecule has 0 unspecified atom stereocenters. The van der Waals surface area contributed by atoms with Crippen LogP contribution in [0.15, 0.2) is 77.2 Å². The Balaban J connectivity index is 1.56.